The molecule has 5 heteroatoms. The van der Waals surface area contributed by atoms with Crippen LogP contribution in [0.3, 0.4) is 0 Å². The first kappa shape index (κ1) is 10.2. The third kappa shape index (κ3) is 1.73. The number of aromatic nitrogens is 3. The number of hydrogen-bond donors (Lipinski definition) is 0. The second-order valence-corrected chi connectivity index (χ2v) is 3.51. The van der Waals surface area contributed by atoms with Crippen molar-refractivity contribution in [1.82, 2.24) is 14.8 Å². The van der Waals surface area contributed by atoms with E-state index in [4.69, 9.17) is 5.26 Å². The van der Waals surface area contributed by atoms with Crippen LogP contribution in [0, 0.1) is 11.3 Å². The van der Waals surface area contributed by atoms with Crippen molar-refractivity contribution in [3.05, 3.63) is 36.2 Å². The van der Waals surface area contributed by atoms with Gasteiger partial charge in [0.25, 0.3) is 0 Å². The second-order valence-electron chi connectivity index (χ2n) is 3.51. The average molecular weight is 213 g/mol. The molecule has 0 saturated carbocycles. The zero-order valence-corrected chi connectivity index (χ0v) is 9.12. The van der Waals surface area contributed by atoms with Gasteiger partial charge < -0.3 is 4.90 Å². The molecular weight excluding hydrogens is 202 g/mol. The molecule has 0 fully saturated rings. The van der Waals surface area contributed by atoms with Gasteiger partial charge >= 0.3 is 0 Å². The van der Waals surface area contributed by atoms with Crippen molar-refractivity contribution in [3.63, 3.8) is 0 Å². The Balaban J connectivity index is 2.49. The van der Waals surface area contributed by atoms with Crippen LogP contribution in [0.25, 0.3) is 5.82 Å². The van der Waals surface area contributed by atoms with Crippen LogP contribution >= 0.6 is 0 Å². The minimum Gasteiger partial charge on any atom is -0.360 e. The fourth-order valence-electron chi connectivity index (χ4n) is 1.38. The van der Waals surface area contributed by atoms with Crippen LogP contribution in [-0.4, -0.2) is 28.9 Å². The van der Waals surface area contributed by atoms with Gasteiger partial charge in [0.1, 0.15) is 11.6 Å². The van der Waals surface area contributed by atoms with Crippen LogP contribution in [0.2, 0.25) is 0 Å². The van der Waals surface area contributed by atoms with Gasteiger partial charge in [-0.25, -0.2) is 9.67 Å². The first-order valence-electron chi connectivity index (χ1n) is 4.81. The molecule has 0 bridgehead atoms. The van der Waals surface area contributed by atoms with E-state index in [1.54, 1.807) is 22.0 Å². The Morgan fingerprint density at radius 2 is 2.19 bits per heavy atom. The van der Waals surface area contributed by atoms with Crippen LogP contribution in [-0.2, 0) is 0 Å². The van der Waals surface area contributed by atoms with Crippen molar-refractivity contribution < 1.29 is 0 Å². The second kappa shape index (κ2) is 4.03. The Labute approximate surface area is 93.6 Å². The summed E-state index contributed by atoms with van der Waals surface area (Å²) in [6.45, 7) is 0. The van der Waals surface area contributed by atoms with Crippen molar-refractivity contribution in [2.75, 3.05) is 19.0 Å². The fraction of sp³-hybridized carbons (Fsp3) is 0.182. The molecule has 0 unspecified atom stereocenters. The van der Waals surface area contributed by atoms with Crippen molar-refractivity contribution in [2.45, 2.75) is 0 Å². The molecular formula is C11H11N5. The summed E-state index contributed by atoms with van der Waals surface area (Å²) in [5.41, 5.74) is 0.538. The molecule has 5 nitrogen and oxygen atoms in total. The highest BCUT2D eigenvalue weighted by molar-refractivity contribution is 5.52. The normalized spacial score (nSPS) is 9.81. The summed E-state index contributed by atoms with van der Waals surface area (Å²) >= 11 is 0. The van der Waals surface area contributed by atoms with E-state index in [0.717, 1.165) is 0 Å². The highest BCUT2D eigenvalue weighted by atomic mass is 15.4. The molecule has 2 heterocycles. The number of anilines is 1. The molecule has 0 atom stereocenters. The maximum Gasteiger partial charge on any atom is 0.168 e. The molecule has 0 radical (unpaired) electrons. The lowest BCUT2D eigenvalue weighted by Crippen LogP contribution is -2.11. The van der Waals surface area contributed by atoms with Gasteiger partial charge in [-0.1, -0.05) is 6.07 Å². The molecule has 16 heavy (non-hydrogen) atoms. The van der Waals surface area contributed by atoms with Gasteiger partial charge in [0.05, 0.1) is 6.20 Å². The predicted octanol–water partition coefficient (Wildman–Crippen LogP) is 1.20. The van der Waals surface area contributed by atoms with Crippen LogP contribution in [0.5, 0.6) is 0 Å². The summed E-state index contributed by atoms with van der Waals surface area (Å²) in [7, 11) is 3.71. The van der Waals surface area contributed by atoms with E-state index < -0.39 is 0 Å². The molecule has 0 spiro atoms. The highest BCUT2D eigenvalue weighted by Crippen LogP contribution is 2.16. The van der Waals surface area contributed by atoms with E-state index in [1.165, 1.54) is 0 Å². The van der Waals surface area contributed by atoms with Crippen LogP contribution in [0.4, 0.5) is 5.82 Å². The minimum atomic E-state index is 0.538. The van der Waals surface area contributed by atoms with Crippen LogP contribution in [0.1, 0.15) is 5.56 Å². The fourth-order valence-corrected chi connectivity index (χ4v) is 1.38. The van der Waals surface area contributed by atoms with Gasteiger partial charge in [0.2, 0.25) is 0 Å². The lowest BCUT2D eigenvalue weighted by atomic mass is 10.3. The number of nitriles is 1. The Kier molecular flexibility index (Phi) is 2.56. The molecule has 0 aliphatic heterocycles. The first-order chi connectivity index (χ1) is 7.72. The van der Waals surface area contributed by atoms with Gasteiger partial charge in [-0.2, -0.15) is 5.26 Å². The van der Waals surface area contributed by atoms with E-state index in [9.17, 15) is 0 Å². The van der Waals surface area contributed by atoms with Crippen molar-refractivity contribution in [3.8, 4) is 11.9 Å². The van der Waals surface area contributed by atoms with Crippen molar-refractivity contribution >= 4 is 5.82 Å². The summed E-state index contributed by atoms with van der Waals surface area (Å²) < 4.78 is 1.61. The lowest BCUT2D eigenvalue weighted by molar-refractivity contribution is 0.836. The molecule has 0 saturated heterocycles. The third-order valence-corrected chi connectivity index (χ3v) is 2.12. The zero-order chi connectivity index (χ0) is 11.5. The van der Waals surface area contributed by atoms with Crippen molar-refractivity contribution in [1.29, 1.82) is 5.26 Å². The van der Waals surface area contributed by atoms with Gasteiger partial charge in [0, 0.05) is 20.3 Å². The molecule has 80 valence electrons. The summed E-state index contributed by atoms with van der Waals surface area (Å²) in [6, 6.07) is 7.67. The molecule has 0 aromatic carbocycles. The Morgan fingerprint density at radius 1 is 1.38 bits per heavy atom. The van der Waals surface area contributed by atoms with E-state index in [0.29, 0.717) is 17.2 Å². The highest BCUT2D eigenvalue weighted by Gasteiger charge is 2.11. The zero-order valence-electron chi connectivity index (χ0n) is 9.12. The number of pyridine rings is 1. The average Bonchev–Trinajstić information content (AvgIpc) is 2.74. The predicted molar refractivity (Wildman–Crippen MR) is 60.4 cm³/mol. The summed E-state index contributed by atoms with van der Waals surface area (Å²) in [4.78, 5) is 5.97. The van der Waals surface area contributed by atoms with Gasteiger partial charge in [0.15, 0.2) is 11.6 Å². The molecule has 2 aromatic heterocycles. The first-order valence-corrected chi connectivity index (χ1v) is 4.81. The maximum atomic E-state index is 8.98. The van der Waals surface area contributed by atoms with E-state index in [2.05, 4.69) is 16.2 Å². The molecule has 0 aliphatic rings. The van der Waals surface area contributed by atoms with Gasteiger partial charge in [-0.05, 0) is 12.1 Å². The smallest absolute Gasteiger partial charge is 0.168 e. The molecule has 2 aromatic rings. The largest absolute Gasteiger partial charge is 0.360 e. The summed E-state index contributed by atoms with van der Waals surface area (Å²) in [6.07, 6.45) is 3.37. The number of hydrogen-bond acceptors (Lipinski definition) is 4. The minimum absolute atomic E-state index is 0.538. The summed E-state index contributed by atoms with van der Waals surface area (Å²) in [5.74, 6) is 1.35. The summed E-state index contributed by atoms with van der Waals surface area (Å²) in [5, 5.41) is 13.3. The molecule has 0 amide bonds. The standard InChI is InChI=1S/C11H11N5/c1-15(2)11-9(7-12)8-16(14-11)10-5-3-4-6-13-10/h3-6,8H,1-2H3. The quantitative estimate of drug-likeness (QED) is 0.752. The molecule has 0 N–H and O–H groups in total. The van der Waals surface area contributed by atoms with Gasteiger partial charge in [-0.15, -0.1) is 5.10 Å². The maximum absolute atomic E-state index is 8.98. The number of rotatable bonds is 2. The molecule has 0 aliphatic carbocycles. The topological polar surface area (TPSA) is 57.7 Å². The van der Waals surface area contributed by atoms with Gasteiger partial charge in [-0.3, -0.25) is 0 Å². The van der Waals surface area contributed by atoms with E-state index in [1.807, 2.05) is 32.3 Å². The van der Waals surface area contributed by atoms with E-state index >= 15 is 0 Å². The van der Waals surface area contributed by atoms with Crippen LogP contribution < -0.4 is 4.90 Å². The lowest BCUT2D eigenvalue weighted by Gasteiger charge is -2.07. The van der Waals surface area contributed by atoms with E-state index in [-0.39, 0.29) is 0 Å². The Bertz CT molecular complexity index is 521. The SMILES string of the molecule is CN(C)c1nn(-c2ccccn2)cc1C#N. The monoisotopic (exact) mass is 213 g/mol. The van der Waals surface area contributed by atoms with Crippen molar-refractivity contribution in [2.24, 2.45) is 0 Å². The molecule has 2 rings (SSSR count). The Hall–Kier alpha value is -2.35. The third-order valence-electron chi connectivity index (χ3n) is 2.12. The Morgan fingerprint density at radius 3 is 2.69 bits per heavy atom. The number of nitrogens with zero attached hydrogens (tertiary/aromatic N) is 5. The van der Waals surface area contributed by atoms with Crippen LogP contribution in [0.15, 0.2) is 30.6 Å².